The van der Waals surface area contributed by atoms with Gasteiger partial charge < -0.3 is 21.7 Å². The van der Waals surface area contributed by atoms with Crippen LogP contribution >= 0.6 is 11.3 Å². The lowest BCUT2D eigenvalue weighted by atomic mass is 10.0. The van der Waals surface area contributed by atoms with Crippen LogP contribution < -0.4 is 11.5 Å². The Morgan fingerprint density at radius 1 is 1.56 bits per heavy atom. The van der Waals surface area contributed by atoms with E-state index in [-0.39, 0.29) is 6.61 Å². The molecule has 6 N–H and O–H groups in total. The maximum absolute atomic E-state index is 11.3. The summed E-state index contributed by atoms with van der Waals surface area (Å²) in [4.78, 5) is 14.4. The van der Waals surface area contributed by atoms with Crippen LogP contribution in [0.15, 0.2) is 0 Å². The SMILES string of the molecule is NC(=O)c1c(N)sc2c1CCN(CC(O)CO)C2. The highest BCUT2D eigenvalue weighted by molar-refractivity contribution is 7.16. The number of amides is 1. The van der Waals surface area contributed by atoms with Gasteiger partial charge in [-0.3, -0.25) is 9.69 Å². The molecule has 1 unspecified atom stereocenters. The first-order valence-electron chi connectivity index (χ1n) is 5.74. The minimum atomic E-state index is -0.737. The van der Waals surface area contributed by atoms with Crippen LogP contribution in [0.4, 0.5) is 5.00 Å². The van der Waals surface area contributed by atoms with Gasteiger partial charge >= 0.3 is 0 Å². The van der Waals surface area contributed by atoms with Gasteiger partial charge in [0.2, 0.25) is 0 Å². The number of carbonyl (C=O) groups is 1. The van der Waals surface area contributed by atoms with E-state index in [1.54, 1.807) is 0 Å². The van der Waals surface area contributed by atoms with Gasteiger partial charge in [-0.1, -0.05) is 0 Å². The van der Waals surface area contributed by atoms with Crippen molar-refractivity contribution in [1.29, 1.82) is 0 Å². The van der Waals surface area contributed by atoms with Gasteiger partial charge in [0.25, 0.3) is 5.91 Å². The highest BCUT2D eigenvalue weighted by Crippen LogP contribution is 2.34. The number of rotatable bonds is 4. The average Bonchev–Trinajstić information content (AvgIpc) is 2.64. The lowest BCUT2D eigenvalue weighted by Gasteiger charge is -2.28. The smallest absolute Gasteiger partial charge is 0.251 e. The maximum atomic E-state index is 11.3. The van der Waals surface area contributed by atoms with E-state index in [9.17, 15) is 9.90 Å². The molecule has 0 spiro atoms. The molecule has 1 amide bonds. The summed E-state index contributed by atoms with van der Waals surface area (Å²) >= 11 is 1.37. The van der Waals surface area contributed by atoms with E-state index >= 15 is 0 Å². The number of nitrogen functional groups attached to an aromatic ring is 1. The number of primary amides is 1. The van der Waals surface area contributed by atoms with Crippen molar-refractivity contribution < 1.29 is 15.0 Å². The van der Waals surface area contributed by atoms with Crippen LogP contribution in [0.1, 0.15) is 20.8 Å². The van der Waals surface area contributed by atoms with E-state index in [2.05, 4.69) is 0 Å². The zero-order valence-electron chi connectivity index (χ0n) is 9.93. The molecule has 1 atom stereocenters. The summed E-state index contributed by atoms with van der Waals surface area (Å²) in [5.74, 6) is -0.478. The van der Waals surface area contributed by atoms with E-state index in [0.717, 1.165) is 17.0 Å². The molecule has 0 aliphatic carbocycles. The molecule has 1 aromatic heterocycles. The van der Waals surface area contributed by atoms with Crippen LogP contribution in [0.5, 0.6) is 0 Å². The lowest BCUT2D eigenvalue weighted by molar-refractivity contribution is 0.0555. The first-order valence-corrected chi connectivity index (χ1v) is 6.55. The monoisotopic (exact) mass is 271 g/mol. The summed E-state index contributed by atoms with van der Waals surface area (Å²) in [5, 5.41) is 18.7. The summed E-state index contributed by atoms with van der Waals surface area (Å²) in [6, 6.07) is 0. The van der Waals surface area contributed by atoms with Gasteiger partial charge in [-0.2, -0.15) is 0 Å². The fourth-order valence-corrected chi connectivity index (χ4v) is 3.43. The highest BCUT2D eigenvalue weighted by atomic mass is 32.1. The summed E-state index contributed by atoms with van der Waals surface area (Å²) in [6.45, 7) is 1.52. The van der Waals surface area contributed by atoms with Crippen molar-refractivity contribution in [2.24, 2.45) is 5.73 Å². The normalized spacial score (nSPS) is 17.4. The topological polar surface area (TPSA) is 113 Å². The number of nitrogens with two attached hydrogens (primary N) is 2. The Morgan fingerprint density at radius 2 is 2.28 bits per heavy atom. The Hall–Kier alpha value is -1.15. The van der Waals surface area contributed by atoms with Crippen molar-refractivity contribution in [2.75, 3.05) is 25.4 Å². The molecule has 2 heterocycles. The Morgan fingerprint density at radius 3 is 2.89 bits per heavy atom. The van der Waals surface area contributed by atoms with Crippen LogP contribution in [0, 0.1) is 0 Å². The zero-order valence-corrected chi connectivity index (χ0v) is 10.7. The van der Waals surface area contributed by atoms with Crippen molar-refractivity contribution in [1.82, 2.24) is 4.90 Å². The van der Waals surface area contributed by atoms with Crippen molar-refractivity contribution in [3.63, 3.8) is 0 Å². The minimum absolute atomic E-state index is 0.248. The number of anilines is 1. The molecule has 0 saturated heterocycles. The van der Waals surface area contributed by atoms with Gasteiger partial charge in [0.1, 0.15) is 0 Å². The minimum Gasteiger partial charge on any atom is -0.394 e. The predicted octanol–water partition coefficient (Wildman–Crippen LogP) is -0.860. The van der Waals surface area contributed by atoms with Crippen molar-refractivity contribution >= 4 is 22.2 Å². The Labute approximate surface area is 109 Å². The van der Waals surface area contributed by atoms with E-state index in [1.165, 1.54) is 11.3 Å². The molecular weight excluding hydrogens is 254 g/mol. The van der Waals surface area contributed by atoms with E-state index in [1.807, 2.05) is 4.90 Å². The second-order valence-electron chi connectivity index (χ2n) is 4.43. The number of aliphatic hydroxyl groups is 2. The Kier molecular flexibility index (Phi) is 3.86. The molecule has 7 heteroatoms. The van der Waals surface area contributed by atoms with Gasteiger partial charge in [-0.15, -0.1) is 11.3 Å². The molecule has 0 saturated carbocycles. The summed E-state index contributed by atoms with van der Waals surface area (Å²) in [5.41, 5.74) is 12.5. The van der Waals surface area contributed by atoms with E-state index in [0.29, 0.717) is 30.1 Å². The van der Waals surface area contributed by atoms with Crippen LogP contribution in [0.25, 0.3) is 0 Å². The molecule has 1 aromatic rings. The van der Waals surface area contributed by atoms with Crippen LogP contribution in [-0.2, 0) is 13.0 Å². The number of hydrogen-bond donors (Lipinski definition) is 4. The third-order valence-corrected chi connectivity index (χ3v) is 4.14. The molecule has 100 valence electrons. The summed E-state index contributed by atoms with van der Waals surface area (Å²) in [7, 11) is 0. The van der Waals surface area contributed by atoms with E-state index < -0.39 is 12.0 Å². The van der Waals surface area contributed by atoms with Crippen LogP contribution in [0.2, 0.25) is 0 Å². The van der Waals surface area contributed by atoms with Crippen molar-refractivity contribution in [3.8, 4) is 0 Å². The predicted molar refractivity (Wildman–Crippen MR) is 69.3 cm³/mol. The quantitative estimate of drug-likeness (QED) is 0.569. The summed E-state index contributed by atoms with van der Waals surface area (Å²) < 4.78 is 0. The number of β-amino-alcohol motifs (C(OH)–C–C–N with tert-alkyl or cyclic N) is 1. The number of hydrogen-bond acceptors (Lipinski definition) is 6. The Balaban J connectivity index is 2.16. The number of carbonyl (C=O) groups excluding carboxylic acids is 1. The number of thiophene rings is 1. The Bertz CT molecular complexity index is 461. The van der Waals surface area contributed by atoms with Gasteiger partial charge in [0.05, 0.1) is 23.3 Å². The molecule has 18 heavy (non-hydrogen) atoms. The number of fused-ring (bicyclic) bond motifs is 1. The van der Waals surface area contributed by atoms with Crippen molar-refractivity contribution in [3.05, 3.63) is 16.0 Å². The standard InChI is InChI=1S/C11H17N3O3S/c12-10(17)9-7-1-2-14(3-6(16)5-15)4-8(7)18-11(9)13/h6,15-16H,1-5,13H2,(H2,12,17). The molecule has 0 bridgehead atoms. The maximum Gasteiger partial charge on any atom is 0.251 e. The fourth-order valence-electron chi connectivity index (χ4n) is 2.26. The molecular formula is C11H17N3O3S. The molecule has 0 fully saturated rings. The van der Waals surface area contributed by atoms with Gasteiger partial charge in [0, 0.05) is 24.5 Å². The number of nitrogens with zero attached hydrogens (tertiary/aromatic N) is 1. The largest absolute Gasteiger partial charge is 0.394 e. The second-order valence-corrected chi connectivity index (χ2v) is 5.57. The first kappa shape index (κ1) is 13.3. The number of aliphatic hydroxyl groups excluding tert-OH is 2. The average molecular weight is 271 g/mol. The van der Waals surface area contributed by atoms with E-state index in [4.69, 9.17) is 16.6 Å². The van der Waals surface area contributed by atoms with Crippen LogP contribution in [0.3, 0.4) is 0 Å². The molecule has 1 aliphatic rings. The van der Waals surface area contributed by atoms with Gasteiger partial charge in [-0.05, 0) is 12.0 Å². The third-order valence-electron chi connectivity index (χ3n) is 3.09. The molecule has 0 radical (unpaired) electrons. The lowest BCUT2D eigenvalue weighted by Crippen LogP contribution is -2.37. The summed E-state index contributed by atoms with van der Waals surface area (Å²) in [6.07, 6.45) is -0.0427. The molecule has 0 aromatic carbocycles. The second kappa shape index (κ2) is 5.23. The highest BCUT2D eigenvalue weighted by Gasteiger charge is 2.26. The molecule has 1 aliphatic heterocycles. The van der Waals surface area contributed by atoms with Gasteiger partial charge in [-0.25, -0.2) is 0 Å². The fraction of sp³-hybridized carbons (Fsp3) is 0.545. The molecule has 6 nitrogen and oxygen atoms in total. The zero-order chi connectivity index (χ0) is 13.3. The van der Waals surface area contributed by atoms with Crippen molar-refractivity contribution in [2.45, 2.75) is 19.1 Å². The third kappa shape index (κ3) is 2.49. The van der Waals surface area contributed by atoms with Gasteiger partial charge in [0.15, 0.2) is 0 Å². The van der Waals surface area contributed by atoms with Crippen LogP contribution in [-0.4, -0.2) is 46.8 Å². The molecule has 2 rings (SSSR count). The first-order chi connectivity index (χ1) is 8.52.